The lowest BCUT2D eigenvalue weighted by molar-refractivity contribution is -0.122. The number of aryl methyl sites for hydroxylation is 1. The molecule has 0 spiro atoms. The van der Waals surface area contributed by atoms with E-state index in [1.807, 2.05) is 6.92 Å². The molecule has 17 heavy (non-hydrogen) atoms. The van der Waals surface area contributed by atoms with Crippen molar-refractivity contribution in [3.8, 4) is 0 Å². The monoisotopic (exact) mass is 237 g/mol. The van der Waals surface area contributed by atoms with E-state index >= 15 is 0 Å². The van der Waals surface area contributed by atoms with Gasteiger partial charge in [0, 0.05) is 5.92 Å². The maximum Gasteiger partial charge on any atom is 0.301 e. The third-order valence-electron chi connectivity index (χ3n) is 3.40. The largest absolute Gasteiger partial charge is 0.432 e. The SMILES string of the molecule is Cc1coc(NC(=O)C2CCCCC2CN)n1. The first kappa shape index (κ1) is 12.1. The van der Waals surface area contributed by atoms with Crippen molar-refractivity contribution in [3.63, 3.8) is 0 Å². The van der Waals surface area contributed by atoms with Crippen LogP contribution in [0.25, 0.3) is 0 Å². The van der Waals surface area contributed by atoms with E-state index in [-0.39, 0.29) is 17.8 Å². The zero-order valence-corrected chi connectivity index (χ0v) is 10.1. The number of aromatic nitrogens is 1. The molecule has 1 saturated carbocycles. The topological polar surface area (TPSA) is 81.2 Å². The molecule has 5 nitrogen and oxygen atoms in total. The van der Waals surface area contributed by atoms with Gasteiger partial charge in [-0.05, 0) is 32.2 Å². The van der Waals surface area contributed by atoms with Gasteiger partial charge in [0.15, 0.2) is 0 Å². The molecule has 0 saturated heterocycles. The maximum absolute atomic E-state index is 12.1. The van der Waals surface area contributed by atoms with Crippen molar-refractivity contribution < 1.29 is 9.21 Å². The van der Waals surface area contributed by atoms with Crippen LogP contribution in [-0.2, 0) is 4.79 Å². The summed E-state index contributed by atoms with van der Waals surface area (Å²) < 4.78 is 5.12. The van der Waals surface area contributed by atoms with Crippen molar-refractivity contribution in [2.75, 3.05) is 11.9 Å². The fraction of sp³-hybridized carbons (Fsp3) is 0.667. The number of nitrogens with one attached hydrogen (secondary N) is 1. The number of hydrogen-bond donors (Lipinski definition) is 2. The average Bonchev–Trinajstić information content (AvgIpc) is 2.74. The van der Waals surface area contributed by atoms with E-state index in [0.717, 1.165) is 25.0 Å². The van der Waals surface area contributed by atoms with Gasteiger partial charge in [-0.3, -0.25) is 10.1 Å². The summed E-state index contributed by atoms with van der Waals surface area (Å²) in [5.41, 5.74) is 6.47. The van der Waals surface area contributed by atoms with Crippen molar-refractivity contribution in [3.05, 3.63) is 12.0 Å². The molecular formula is C12H19N3O2. The van der Waals surface area contributed by atoms with Crippen LogP contribution in [0, 0.1) is 18.8 Å². The Kier molecular flexibility index (Phi) is 3.78. The first-order valence-corrected chi connectivity index (χ1v) is 6.13. The Balaban J connectivity index is 1.98. The molecule has 1 heterocycles. The quantitative estimate of drug-likeness (QED) is 0.838. The van der Waals surface area contributed by atoms with E-state index in [9.17, 15) is 4.79 Å². The highest BCUT2D eigenvalue weighted by molar-refractivity contribution is 5.90. The highest BCUT2D eigenvalue weighted by atomic mass is 16.4. The molecule has 0 aliphatic heterocycles. The first-order valence-electron chi connectivity index (χ1n) is 6.13. The summed E-state index contributed by atoms with van der Waals surface area (Å²) in [5.74, 6) is 0.280. The van der Waals surface area contributed by atoms with E-state index in [0.29, 0.717) is 12.5 Å². The normalized spacial score (nSPS) is 24.6. The molecule has 1 aliphatic rings. The number of amides is 1. The number of carbonyl (C=O) groups excluding carboxylic acids is 1. The number of rotatable bonds is 3. The highest BCUT2D eigenvalue weighted by Gasteiger charge is 2.30. The van der Waals surface area contributed by atoms with Crippen molar-refractivity contribution in [1.29, 1.82) is 0 Å². The molecule has 0 bridgehead atoms. The van der Waals surface area contributed by atoms with Gasteiger partial charge in [0.25, 0.3) is 0 Å². The standard InChI is InChI=1S/C12H19N3O2/c1-8-7-17-12(14-8)15-11(16)10-5-3-2-4-9(10)6-13/h7,9-10H,2-6,13H2,1H3,(H,14,15,16). The molecule has 1 amide bonds. The summed E-state index contributed by atoms with van der Waals surface area (Å²) in [6, 6.07) is 0.286. The summed E-state index contributed by atoms with van der Waals surface area (Å²) in [6.07, 6.45) is 5.74. The lowest BCUT2D eigenvalue weighted by atomic mass is 9.79. The van der Waals surface area contributed by atoms with Crippen LogP contribution in [0.2, 0.25) is 0 Å². The summed E-state index contributed by atoms with van der Waals surface area (Å²) in [5, 5.41) is 2.72. The second kappa shape index (κ2) is 5.31. The lowest BCUT2D eigenvalue weighted by Crippen LogP contribution is -2.35. The molecule has 1 fully saturated rings. The van der Waals surface area contributed by atoms with Gasteiger partial charge in [0.1, 0.15) is 6.26 Å². The van der Waals surface area contributed by atoms with Gasteiger partial charge in [0.2, 0.25) is 5.91 Å². The number of hydrogen-bond acceptors (Lipinski definition) is 4. The van der Waals surface area contributed by atoms with Gasteiger partial charge in [0.05, 0.1) is 5.69 Å². The molecule has 5 heteroatoms. The zero-order chi connectivity index (χ0) is 12.3. The van der Waals surface area contributed by atoms with Gasteiger partial charge in [-0.2, -0.15) is 4.98 Å². The van der Waals surface area contributed by atoms with Crippen molar-refractivity contribution in [2.24, 2.45) is 17.6 Å². The summed E-state index contributed by atoms with van der Waals surface area (Å²) in [7, 11) is 0. The highest BCUT2D eigenvalue weighted by Crippen LogP contribution is 2.30. The van der Waals surface area contributed by atoms with Gasteiger partial charge in [-0.15, -0.1) is 0 Å². The number of nitrogens with zero attached hydrogens (tertiary/aromatic N) is 1. The molecule has 0 aromatic carbocycles. The third-order valence-corrected chi connectivity index (χ3v) is 3.40. The second-order valence-electron chi connectivity index (χ2n) is 4.67. The van der Waals surface area contributed by atoms with Gasteiger partial charge < -0.3 is 10.2 Å². The summed E-state index contributed by atoms with van der Waals surface area (Å²) in [6.45, 7) is 2.39. The predicted molar refractivity (Wildman–Crippen MR) is 64.4 cm³/mol. The minimum absolute atomic E-state index is 0.000885. The van der Waals surface area contributed by atoms with E-state index in [1.54, 1.807) is 0 Å². The van der Waals surface area contributed by atoms with Crippen LogP contribution < -0.4 is 11.1 Å². The molecular weight excluding hydrogens is 218 g/mol. The Morgan fingerprint density at radius 1 is 1.59 bits per heavy atom. The fourth-order valence-electron chi connectivity index (χ4n) is 2.44. The Bertz CT molecular complexity index is 389. The summed E-state index contributed by atoms with van der Waals surface area (Å²) in [4.78, 5) is 16.1. The van der Waals surface area contributed by atoms with Gasteiger partial charge >= 0.3 is 6.01 Å². The molecule has 2 rings (SSSR count). The Morgan fingerprint density at radius 2 is 2.35 bits per heavy atom. The molecule has 3 N–H and O–H groups in total. The van der Waals surface area contributed by atoms with Gasteiger partial charge in [-0.25, -0.2) is 0 Å². The molecule has 1 aromatic heterocycles. The van der Waals surface area contributed by atoms with E-state index in [2.05, 4.69) is 10.3 Å². The van der Waals surface area contributed by atoms with Crippen molar-refractivity contribution >= 4 is 11.9 Å². The number of nitrogens with two attached hydrogens (primary N) is 1. The number of anilines is 1. The fourth-order valence-corrected chi connectivity index (χ4v) is 2.44. The molecule has 94 valence electrons. The van der Waals surface area contributed by atoms with E-state index < -0.39 is 0 Å². The van der Waals surface area contributed by atoms with Crippen LogP contribution in [0.5, 0.6) is 0 Å². The number of oxazole rings is 1. The van der Waals surface area contributed by atoms with Crippen LogP contribution >= 0.6 is 0 Å². The Labute approximate surface area is 101 Å². The molecule has 0 radical (unpaired) electrons. The summed E-state index contributed by atoms with van der Waals surface area (Å²) >= 11 is 0. The van der Waals surface area contributed by atoms with E-state index in [4.69, 9.17) is 10.2 Å². The van der Waals surface area contributed by atoms with Crippen LogP contribution in [0.1, 0.15) is 31.4 Å². The lowest BCUT2D eigenvalue weighted by Gasteiger charge is -2.28. The van der Waals surface area contributed by atoms with Crippen LogP contribution in [0.15, 0.2) is 10.7 Å². The Hall–Kier alpha value is -1.36. The first-order chi connectivity index (χ1) is 8.20. The molecule has 2 atom stereocenters. The van der Waals surface area contributed by atoms with Crippen LogP contribution in [-0.4, -0.2) is 17.4 Å². The minimum atomic E-state index is -0.0120. The van der Waals surface area contributed by atoms with Crippen LogP contribution in [0.3, 0.4) is 0 Å². The number of carbonyl (C=O) groups is 1. The third kappa shape index (κ3) is 2.85. The van der Waals surface area contributed by atoms with Crippen molar-refractivity contribution in [1.82, 2.24) is 4.98 Å². The second-order valence-corrected chi connectivity index (χ2v) is 4.67. The average molecular weight is 237 g/mol. The molecule has 2 unspecified atom stereocenters. The smallest absolute Gasteiger partial charge is 0.301 e. The minimum Gasteiger partial charge on any atom is -0.432 e. The molecule has 1 aromatic rings. The van der Waals surface area contributed by atoms with Crippen molar-refractivity contribution in [2.45, 2.75) is 32.6 Å². The Morgan fingerprint density at radius 3 is 3.00 bits per heavy atom. The predicted octanol–water partition coefficient (Wildman–Crippen LogP) is 1.69. The maximum atomic E-state index is 12.1. The zero-order valence-electron chi connectivity index (χ0n) is 10.1. The van der Waals surface area contributed by atoms with E-state index in [1.165, 1.54) is 12.7 Å². The van der Waals surface area contributed by atoms with Crippen LogP contribution in [0.4, 0.5) is 6.01 Å². The van der Waals surface area contributed by atoms with Gasteiger partial charge in [-0.1, -0.05) is 12.8 Å². The molecule has 1 aliphatic carbocycles.